The minimum atomic E-state index is -0.967. The zero-order valence-electron chi connectivity index (χ0n) is 10.7. The molecule has 0 aromatic heterocycles. The number of aliphatic carboxylic acids is 1. The van der Waals surface area contributed by atoms with Gasteiger partial charge in [0.1, 0.15) is 11.9 Å². The third kappa shape index (κ3) is 2.99. The van der Waals surface area contributed by atoms with Crippen LogP contribution in [0.1, 0.15) is 18.4 Å². The zero-order valence-corrected chi connectivity index (χ0v) is 12.3. The number of benzene rings is 1. The number of carbonyl (C=O) groups excluding carboxylic acids is 1. The predicted molar refractivity (Wildman–Crippen MR) is 75.0 cm³/mol. The topological polar surface area (TPSA) is 78.4 Å². The number of amides is 1. The van der Waals surface area contributed by atoms with Gasteiger partial charge in [0, 0.05) is 11.3 Å². The van der Waals surface area contributed by atoms with Crippen molar-refractivity contribution in [2.24, 2.45) is 0 Å². The number of carboxylic acids is 1. The van der Waals surface area contributed by atoms with E-state index in [1.807, 2.05) is 0 Å². The monoisotopic (exact) mass is 344 g/mol. The molecule has 108 valence electrons. The van der Waals surface area contributed by atoms with Gasteiger partial charge in [0.15, 0.2) is 0 Å². The van der Waals surface area contributed by atoms with Gasteiger partial charge in [0.2, 0.25) is 5.91 Å². The van der Waals surface area contributed by atoms with Gasteiger partial charge >= 0.3 is 5.97 Å². The van der Waals surface area contributed by atoms with E-state index in [1.165, 1.54) is 6.07 Å². The Morgan fingerprint density at radius 1 is 1.40 bits per heavy atom. The van der Waals surface area contributed by atoms with Gasteiger partial charge < -0.3 is 10.4 Å². The average Bonchev–Trinajstić information content (AvgIpc) is 2.89. The largest absolute Gasteiger partial charge is 0.480 e. The van der Waals surface area contributed by atoms with E-state index >= 15 is 0 Å². The van der Waals surface area contributed by atoms with Crippen molar-refractivity contribution in [3.05, 3.63) is 28.0 Å². The number of carbonyl (C=O) groups is 2. The van der Waals surface area contributed by atoms with E-state index in [2.05, 4.69) is 26.6 Å². The third-order valence-electron chi connectivity index (χ3n) is 3.36. The van der Waals surface area contributed by atoms with Crippen LogP contribution in [-0.4, -0.2) is 29.1 Å². The third-order valence-corrected chi connectivity index (χ3v) is 3.97. The van der Waals surface area contributed by atoms with Gasteiger partial charge in [-0.15, -0.1) is 0 Å². The molecule has 1 saturated heterocycles. The summed E-state index contributed by atoms with van der Waals surface area (Å²) in [6.07, 6.45) is 0.849. The summed E-state index contributed by atoms with van der Waals surface area (Å²) in [5.41, 5.74) is 0.719. The van der Waals surface area contributed by atoms with E-state index in [9.17, 15) is 14.0 Å². The number of hydrogen-bond acceptors (Lipinski definition) is 3. The molecular formula is C13H14BrFN2O3. The second kappa shape index (κ2) is 5.88. The van der Waals surface area contributed by atoms with Crippen molar-refractivity contribution in [1.29, 1.82) is 0 Å². The highest BCUT2D eigenvalue weighted by molar-refractivity contribution is 9.10. The van der Waals surface area contributed by atoms with Crippen molar-refractivity contribution in [1.82, 2.24) is 5.32 Å². The molecule has 0 radical (unpaired) electrons. The van der Waals surface area contributed by atoms with Crippen molar-refractivity contribution >= 4 is 33.5 Å². The molecule has 1 aromatic rings. The number of hydrogen-bond donors (Lipinski definition) is 3. The van der Waals surface area contributed by atoms with Gasteiger partial charge in [0.05, 0.1) is 10.5 Å². The molecule has 0 unspecified atom stereocenters. The van der Waals surface area contributed by atoms with Gasteiger partial charge in [-0.2, -0.15) is 0 Å². The molecular weight excluding hydrogens is 331 g/mol. The maximum atomic E-state index is 13.7. The van der Waals surface area contributed by atoms with E-state index in [0.717, 1.165) is 0 Å². The Kier molecular flexibility index (Phi) is 4.39. The standard InChI is InChI=1S/C13H14BrFN2O3/c1-6-8(3-2-7(14)11(6)15)17-12(18)9-4-5-10(16-9)13(19)20/h2-3,9-10,16H,4-5H2,1H3,(H,17,18)(H,19,20)/t9-,10+/m0/s1. The lowest BCUT2D eigenvalue weighted by atomic mass is 10.1. The first-order chi connectivity index (χ1) is 9.40. The fourth-order valence-corrected chi connectivity index (χ4v) is 2.58. The van der Waals surface area contributed by atoms with E-state index < -0.39 is 23.9 Å². The number of anilines is 1. The number of carboxylic acid groups (broad SMARTS) is 1. The van der Waals surface area contributed by atoms with Crippen LogP contribution in [0.3, 0.4) is 0 Å². The van der Waals surface area contributed by atoms with E-state index in [4.69, 9.17) is 5.11 Å². The molecule has 0 saturated carbocycles. The molecule has 0 bridgehead atoms. The normalized spacial score (nSPS) is 21.8. The Labute approximate surface area is 123 Å². The van der Waals surface area contributed by atoms with Crippen LogP contribution < -0.4 is 10.6 Å². The number of rotatable bonds is 3. The van der Waals surface area contributed by atoms with Gasteiger partial charge in [-0.3, -0.25) is 14.9 Å². The van der Waals surface area contributed by atoms with Crippen molar-refractivity contribution in [3.8, 4) is 0 Å². The maximum absolute atomic E-state index is 13.7. The molecule has 5 nitrogen and oxygen atoms in total. The van der Waals surface area contributed by atoms with Gasteiger partial charge in [0.25, 0.3) is 0 Å². The van der Waals surface area contributed by atoms with E-state index in [0.29, 0.717) is 28.6 Å². The predicted octanol–water partition coefficient (Wildman–Crippen LogP) is 2.04. The molecule has 0 spiro atoms. The molecule has 0 aliphatic carbocycles. The molecule has 1 amide bonds. The quantitative estimate of drug-likeness (QED) is 0.784. The molecule has 1 fully saturated rings. The number of nitrogens with one attached hydrogen (secondary N) is 2. The van der Waals surface area contributed by atoms with E-state index in [1.54, 1.807) is 13.0 Å². The molecule has 1 heterocycles. The van der Waals surface area contributed by atoms with E-state index in [-0.39, 0.29) is 5.91 Å². The summed E-state index contributed by atoms with van der Waals surface area (Å²) >= 11 is 3.07. The minimum absolute atomic E-state index is 0.331. The van der Waals surface area contributed by atoms with Crippen LogP contribution in [0.15, 0.2) is 16.6 Å². The van der Waals surface area contributed by atoms with Crippen molar-refractivity contribution < 1.29 is 19.1 Å². The smallest absolute Gasteiger partial charge is 0.320 e. The summed E-state index contributed by atoms with van der Waals surface area (Å²) in [7, 11) is 0. The van der Waals surface area contributed by atoms with Crippen LogP contribution in [-0.2, 0) is 9.59 Å². The average molecular weight is 345 g/mol. The molecule has 1 aromatic carbocycles. The lowest BCUT2D eigenvalue weighted by Crippen LogP contribution is -2.42. The molecule has 20 heavy (non-hydrogen) atoms. The molecule has 7 heteroatoms. The minimum Gasteiger partial charge on any atom is -0.480 e. The lowest BCUT2D eigenvalue weighted by molar-refractivity contribution is -0.139. The Hall–Kier alpha value is -1.47. The lowest BCUT2D eigenvalue weighted by Gasteiger charge is -2.14. The van der Waals surface area contributed by atoms with Crippen LogP contribution in [0.25, 0.3) is 0 Å². The van der Waals surface area contributed by atoms with Crippen LogP contribution in [0.2, 0.25) is 0 Å². The van der Waals surface area contributed by atoms with Gasteiger partial charge in [-0.1, -0.05) is 0 Å². The Bertz CT molecular complexity index is 565. The highest BCUT2D eigenvalue weighted by Gasteiger charge is 2.33. The van der Waals surface area contributed by atoms with Crippen molar-refractivity contribution in [2.45, 2.75) is 31.8 Å². The first-order valence-electron chi connectivity index (χ1n) is 6.14. The SMILES string of the molecule is Cc1c(NC(=O)[C@@H]2CC[C@H](C(=O)O)N2)ccc(Br)c1F. The second-order valence-corrected chi connectivity index (χ2v) is 5.56. The maximum Gasteiger partial charge on any atom is 0.320 e. The molecule has 1 aliphatic heterocycles. The second-order valence-electron chi connectivity index (χ2n) is 4.71. The zero-order chi connectivity index (χ0) is 14.9. The van der Waals surface area contributed by atoms with Gasteiger partial charge in [-0.05, 0) is 47.8 Å². The summed E-state index contributed by atoms with van der Waals surface area (Å²) in [6.45, 7) is 1.57. The summed E-state index contributed by atoms with van der Waals surface area (Å²) in [6, 6.07) is 1.85. The fraction of sp³-hybridized carbons (Fsp3) is 0.385. The van der Waals surface area contributed by atoms with Crippen LogP contribution >= 0.6 is 15.9 Å². The fourth-order valence-electron chi connectivity index (χ4n) is 2.15. The number of halogens is 2. The van der Waals surface area contributed by atoms with Crippen molar-refractivity contribution in [3.63, 3.8) is 0 Å². The first kappa shape index (κ1) is 14.9. The summed E-state index contributed by atoms with van der Waals surface area (Å²) in [5.74, 6) is -1.74. The Morgan fingerprint density at radius 3 is 2.65 bits per heavy atom. The molecule has 2 rings (SSSR count). The van der Waals surface area contributed by atoms with Crippen LogP contribution in [0, 0.1) is 12.7 Å². The molecule has 1 aliphatic rings. The Balaban J connectivity index is 2.06. The summed E-state index contributed by atoms with van der Waals surface area (Å²) < 4.78 is 14.0. The van der Waals surface area contributed by atoms with Crippen molar-refractivity contribution in [2.75, 3.05) is 5.32 Å². The summed E-state index contributed by atoms with van der Waals surface area (Å²) in [5, 5.41) is 14.2. The van der Waals surface area contributed by atoms with Gasteiger partial charge in [-0.25, -0.2) is 4.39 Å². The van der Waals surface area contributed by atoms with Crippen LogP contribution in [0.4, 0.5) is 10.1 Å². The highest BCUT2D eigenvalue weighted by atomic mass is 79.9. The molecule has 2 atom stereocenters. The highest BCUT2D eigenvalue weighted by Crippen LogP contribution is 2.25. The summed E-state index contributed by atoms with van der Waals surface area (Å²) in [4.78, 5) is 22.8. The Morgan fingerprint density at radius 2 is 2.05 bits per heavy atom. The molecule has 3 N–H and O–H groups in total. The first-order valence-corrected chi connectivity index (χ1v) is 6.93. The van der Waals surface area contributed by atoms with Crippen LogP contribution in [0.5, 0.6) is 0 Å².